The fourth-order valence-corrected chi connectivity index (χ4v) is 5.15. The molecule has 0 heterocycles. The molecule has 1 amide bonds. The molecule has 2 fully saturated rings. The lowest BCUT2D eigenvalue weighted by molar-refractivity contribution is -0.154. The number of carboxylic acids is 1. The lowest BCUT2D eigenvalue weighted by atomic mass is 9.65. The van der Waals surface area contributed by atoms with Crippen molar-refractivity contribution in [3.8, 4) is 0 Å². The number of carbonyl (C=O) groups is 2. The molecule has 8 heteroatoms. The topological polar surface area (TPSA) is 66.4 Å². The number of carboxylic acid groups (broad SMARTS) is 1. The van der Waals surface area contributed by atoms with Crippen LogP contribution in [-0.2, 0) is 16.0 Å². The molecular weight excluding hydrogens is 455 g/mol. The monoisotopic (exact) mass is 479 g/mol. The molecule has 0 saturated heterocycles. The number of halogens is 4. The number of alkyl halides is 2. The van der Waals surface area contributed by atoms with E-state index in [2.05, 4.69) is 5.32 Å². The lowest BCUT2D eigenvalue weighted by Gasteiger charge is -2.37. The lowest BCUT2D eigenvalue weighted by Crippen LogP contribution is -2.39. The van der Waals surface area contributed by atoms with E-state index in [-0.39, 0.29) is 24.9 Å². The van der Waals surface area contributed by atoms with E-state index < -0.39 is 47.3 Å². The van der Waals surface area contributed by atoms with Gasteiger partial charge in [-0.2, -0.15) is 0 Å². The molecule has 0 spiro atoms. The molecule has 0 bridgehead atoms. The highest BCUT2D eigenvalue weighted by molar-refractivity contribution is 6.30. The number of carbonyl (C=O) groups excluding carboxylic acids is 1. The maximum Gasteiger partial charge on any atom is 0.309 e. The Bertz CT molecular complexity index is 1050. The number of benzene rings is 2. The van der Waals surface area contributed by atoms with Crippen LogP contribution in [0.15, 0.2) is 42.5 Å². The average molecular weight is 480 g/mol. The number of aliphatic carboxylic acids is 1. The van der Waals surface area contributed by atoms with Crippen LogP contribution in [0.4, 0.5) is 18.9 Å². The van der Waals surface area contributed by atoms with Gasteiger partial charge in [-0.15, -0.1) is 0 Å². The van der Waals surface area contributed by atoms with Gasteiger partial charge in [0, 0.05) is 17.9 Å². The fraction of sp³-hybridized carbons (Fsp3) is 0.440. The van der Waals surface area contributed by atoms with Crippen molar-refractivity contribution in [2.24, 2.45) is 11.3 Å². The first-order valence-electron chi connectivity index (χ1n) is 11.0. The van der Waals surface area contributed by atoms with Crippen molar-refractivity contribution < 1.29 is 27.9 Å². The van der Waals surface area contributed by atoms with Crippen molar-refractivity contribution in [3.63, 3.8) is 0 Å². The number of rotatable bonds is 7. The molecule has 2 aliphatic rings. The zero-order chi connectivity index (χ0) is 23.8. The molecular formula is C25H25ClF3NO3. The molecule has 4 rings (SSSR count). The molecule has 2 aromatic carbocycles. The van der Waals surface area contributed by atoms with E-state index in [1.165, 1.54) is 18.2 Å². The number of hydrogen-bond acceptors (Lipinski definition) is 2. The van der Waals surface area contributed by atoms with Crippen molar-refractivity contribution in [3.05, 3.63) is 64.4 Å². The van der Waals surface area contributed by atoms with E-state index in [1.807, 2.05) is 0 Å². The predicted molar refractivity (Wildman–Crippen MR) is 119 cm³/mol. The summed E-state index contributed by atoms with van der Waals surface area (Å²) in [5.41, 5.74) is 0.196. The van der Waals surface area contributed by atoms with Crippen LogP contribution >= 0.6 is 11.6 Å². The second-order valence-electron chi connectivity index (χ2n) is 9.31. The van der Waals surface area contributed by atoms with E-state index in [4.69, 9.17) is 11.6 Å². The van der Waals surface area contributed by atoms with Crippen molar-refractivity contribution >= 4 is 29.2 Å². The minimum atomic E-state index is -2.84. The Hall–Kier alpha value is -2.54. The molecule has 2 aliphatic carbocycles. The summed E-state index contributed by atoms with van der Waals surface area (Å²) in [4.78, 5) is 25.0. The van der Waals surface area contributed by atoms with Crippen LogP contribution < -0.4 is 5.32 Å². The van der Waals surface area contributed by atoms with Gasteiger partial charge in [0.2, 0.25) is 11.8 Å². The maximum absolute atomic E-state index is 14.6. The molecule has 2 atom stereocenters. The zero-order valence-electron chi connectivity index (χ0n) is 17.9. The number of nitrogens with one attached hydrogen (secondary N) is 1. The number of hydrogen-bond donors (Lipinski definition) is 2. The molecule has 4 nitrogen and oxygen atoms in total. The van der Waals surface area contributed by atoms with E-state index in [0.717, 1.165) is 6.42 Å². The van der Waals surface area contributed by atoms with Crippen molar-refractivity contribution in [1.29, 1.82) is 0 Å². The Morgan fingerprint density at radius 3 is 2.36 bits per heavy atom. The highest BCUT2D eigenvalue weighted by Gasteiger charge is 2.46. The molecule has 2 aromatic rings. The van der Waals surface area contributed by atoms with Gasteiger partial charge in [-0.05, 0) is 67.0 Å². The molecule has 0 aromatic heterocycles. The average Bonchev–Trinajstić information content (AvgIpc) is 3.07. The Morgan fingerprint density at radius 1 is 1.12 bits per heavy atom. The van der Waals surface area contributed by atoms with Crippen molar-refractivity contribution in [2.45, 2.75) is 56.8 Å². The van der Waals surface area contributed by atoms with Crippen LogP contribution in [0.25, 0.3) is 0 Å². The smallest absolute Gasteiger partial charge is 0.309 e. The van der Waals surface area contributed by atoms with Crippen LogP contribution in [-0.4, -0.2) is 22.9 Å². The quantitative estimate of drug-likeness (QED) is 0.480. The summed E-state index contributed by atoms with van der Waals surface area (Å²) in [7, 11) is 0. The van der Waals surface area contributed by atoms with Crippen LogP contribution in [0.5, 0.6) is 0 Å². The molecule has 2 N–H and O–H groups in total. The Balaban J connectivity index is 1.58. The second kappa shape index (κ2) is 9.01. The first-order valence-corrected chi connectivity index (χ1v) is 11.4. The largest absolute Gasteiger partial charge is 0.481 e. The summed E-state index contributed by atoms with van der Waals surface area (Å²) in [5.74, 6) is -6.46. The van der Waals surface area contributed by atoms with E-state index in [9.17, 15) is 27.9 Å². The molecule has 33 heavy (non-hydrogen) atoms. The van der Waals surface area contributed by atoms with E-state index in [0.29, 0.717) is 29.0 Å². The van der Waals surface area contributed by atoms with Gasteiger partial charge in [0.05, 0.1) is 17.0 Å². The van der Waals surface area contributed by atoms with Gasteiger partial charge in [0.1, 0.15) is 5.82 Å². The van der Waals surface area contributed by atoms with E-state index in [1.54, 1.807) is 24.3 Å². The van der Waals surface area contributed by atoms with Gasteiger partial charge >= 0.3 is 5.97 Å². The van der Waals surface area contributed by atoms with Gasteiger partial charge in [0.15, 0.2) is 0 Å². The van der Waals surface area contributed by atoms with Crippen LogP contribution in [0, 0.1) is 17.2 Å². The van der Waals surface area contributed by atoms with Crippen molar-refractivity contribution in [1.82, 2.24) is 0 Å². The van der Waals surface area contributed by atoms with Crippen LogP contribution in [0.1, 0.15) is 55.6 Å². The maximum atomic E-state index is 14.6. The first-order chi connectivity index (χ1) is 15.6. The van der Waals surface area contributed by atoms with Gasteiger partial charge in [-0.25, -0.2) is 13.2 Å². The zero-order valence-corrected chi connectivity index (χ0v) is 18.7. The van der Waals surface area contributed by atoms with Crippen LogP contribution in [0.2, 0.25) is 5.02 Å². The Morgan fingerprint density at radius 2 is 1.82 bits per heavy atom. The van der Waals surface area contributed by atoms with Crippen molar-refractivity contribution in [2.75, 3.05) is 5.32 Å². The van der Waals surface area contributed by atoms with Crippen LogP contribution in [0.3, 0.4) is 0 Å². The SMILES string of the molecule is O=C(Nc1cc(CC2(C(=O)O)CCC2)ccc1F)C(c1ccc(Cl)cc1)C1CCC(F)(F)C1. The summed E-state index contributed by atoms with van der Waals surface area (Å²) in [6.45, 7) is 0. The Kier molecular flexibility index (Phi) is 6.45. The molecule has 2 saturated carbocycles. The highest BCUT2D eigenvalue weighted by atomic mass is 35.5. The third-order valence-corrected chi connectivity index (χ3v) is 7.27. The van der Waals surface area contributed by atoms with Gasteiger partial charge in [-0.1, -0.05) is 36.2 Å². The predicted octanol–water partition coefficient (Wildman–Crippen LogP) is 6.43. The molecule has 176 valence electrons. The fourth-order valence-electron chi connectivity index (χ4n) is 5.03. The Labute approximate surface area is 195 Å². The second-order valence-corrected chi connectivity index (χ2v) is 9.74. The summed E-state index contributed by atoms with van der Waals surface area (Å²) in [6, 6.07) is 10.6. The molecule has 2 unspecified atom stereocenters. The third kappa shape index (κ3) is 5.03. The third-order valence-electron chi connectivity index (χ3n) is 7.02. The first kappa shape index (κ1) is 23.6. The molecule has 0 radical (unpaired) electrons. The summed E-state index contributed by atoms with van der Waals surface area (Å²) < 4.78 is 42.5. The van der Waals surface area contributed by atoms with Gasteiger partial charge < -0.3 is 10.4 Å². The summed E-state index contributed by atoms with van der Waals surface area (Å²) >= 11 is 5.95. The number of anilines is 1. The van der Waals surface area contributed by atoms with Gasteiger partial charge in [-0.3, -0.25) is 9.59 Å². The highest BCUT2D eigenvalue weighted by Crippen LogP contribution is 2.46. The minimum Gasteiger partial charge on any atom is -0.481 e. The molecule has 0 aliphatic heterocycles. The standard InChI is InChI=1S/C25H25ClF3NO3/c26-18-5-3-16(4-6-18)21(17-8-11-25(28,29)14-17)22(31)30-20-12-15(2-7-19(20)27)13-24(23(32)33)9-1-10-24/h2-7,12,17,21H,1,8-11,13-14H2,(H,30,31)(H,32,33). The number of amides is 1. The normalized spacial score (nSPS) is 21.8. The van der Waals surface area contributed by atoms with E-state index >= 15 is 0 Å². The summed E-state index contributed by atoms with van der Waals surface area (Å²) in [5, 5.41) is 12.6. The summed E-state index contributed by atoms with van der Waals surface area (Å²) in [6.07, 6.45) is 1.63. The van der Waals surface area contributed by atoms with Gasteiger partial charge in [0.25, 0.3) is 0 Å². The minimum absolute atomic E-state index is 0.0823.